The van der Waals surface area contributed by atoms with Crippen molar-refractivity contribution in [3.8, 4) is 11.5 Å². The summed E-state index contributed by atoms with van der Waals surface area (Å²) < 4.78 is 10.9. The van der Waals surface area contributed by atoms with E-state index in [-0.39, 0.29) is 5.41 Å². The summed E-state index contributed by atoms with van der Waals surface area (Å²) in [5, 5.41) is 0. The minimum atomic E-state index is -0.103. The summed E-state index contributed by atoms with van der Waals surface area (Å²) in [7, 11) is 3.47. The summed E-state index contributed by atoms with van der Waals surface area (Å²) in [4.78, 5) is 35.0. The number of fused-ring (bicyclic) bond motifs is 2. The average Bonchev–Trinajstić information content (AvgIpc) is 3.86. The number of benzene rings is 2. The summed E-state index contributed by atoms with van der Waals surface area (Å²) in [5.41, 5.74) is 5.68. The van der Waals surface area contributed by atoms with E-state index >= 15 is 0 Å². The molecule has 0 bridgehead atoms. The van der Waals surface area contributed by atoms with Crippen molar-refractivity contribution >= 4 is 11.8 Å². The van der Waals surface area contributed by atoms with Gasteiger partial charge in [-0.15, -0.1) is 6.58 Å². The molecule has 2 amide bonds. The van der Waals surface area contributed by atoms with Gasteiger partial charge >= 0.3 is 0 Å². The van der Waals surface area contributed by atoms with Gasteiger partial charge in [-0.1, -0.05) is 70.1 Å². The zero-order valence-electron chi connectivity index (χ0n) is 34.5. The molecule has 2 saturated heterocycles. The number of ether oxygens (including phenoxy) is 2. The second-order valence-electron chi connectivity index (χ2n) is 17.1. The standard InChI is InChI=1S/C25H38N2O2.C22H32N2O2/c1-3-4-5-6-7-8-9-10-11-25(28)27-18-16-26(17-19-27)24-15-13-21-12-14-22(29-2)20-23(21)24;1-22(10-4-3-5-11-22)21(25)24-14-12-23(13-15-24)20-9-7-17-6-8-18(26-2)16-19(17)20/h3,12,14,20,24H,1,4-11,13,15-19H2,2H3;6,8,16,20H,3-5,7,9-15H2,1-2H3. The van der Waals surface area contributed by atoms with Gasteiger partial charge < -0.3 is 19.3 Å². The summed E-state index contributed by atoms with van der Waals surface area (Å²) in [6.45, 7) is 13.4. The topological polar surface area (TPSA) is 65.6 Å². The second kappa shape index (κ2) is 20.2. The first kappa shape index (κ1) is 41.3. The molecule has 8 nitrogen and oxygen atoms in total. The van der Waals surface area contributed by atoms with Crippen LogP contribution in [0, 0.1) is 5.41 Å². The van der Waals surface area contributed by atoms with Crippen molar-refractivity contribution < 1.29 is 19.1 Å². The number of amides is 2. The number of nitrogens with zero attached hydrogens (tertiary/aromatic N) is 4. The number of allylic oxidation sites excluding steroid dienone is 1. The lowest BCUT2D eigenvalue weighted by molar-refractivity contribution is -0.145. The molecule has 7 rings (SSSR count). The molecule has 55 heavy (non-hydrogen) atoms. The van der Waals surface area contributed by atoms with Gasteiger partial charge in [0, 0.05) is 76.3 Å². The third kappa shape index (κ3) is 10.5. The van der Waals surface area contributed by atoms with Gasteiger partial charge in [-0.25, -0.2) is 0 Å². The lowest BCUT2D eigenvalue weighted by atomic mass is 9.74. The Kier molecular flexibility index (Phi) is 15.1. The van der Waals surface area contributed by atoms with Crippen LogP contribution < -0.4 is 9.47 Å². The van der Waals surface area contributed by atoms with E-state index in [1.54, 1.807) is 14.2 Å². The van der Waals surface area contributed by atoms with Crippen molar-refractivity contribution in [2.24, 2.45) is 5.41 Å². The first-order valence-corrected chi connectivity index (χ1v) is 21.8. The highest BCUT2D eigenvalue weighted by atomic mass is 16.5. The molecule has 0 spiro atoms. The largest absolute Gasteiger partial charge is 0.497 e. The van der Waals surface area contributed by atoms with E-state index in [1.807, 2.05) is 6.08 Å². The van der Waals surface area contributed by atoms with Crippen LogP contribution in [-0.2, 0) is 22.4 Å². The minimum absolute atomic E-state index is 0.103. The van der Waals surface area contributed by atoms with Gasteiger partial charge in [-0.3, -0.25) is 19.4 Å². The number of unbranched alkanes of at least 4 members (excludes halogenated alkanes) is 6. The molecule has 8 heteroatoms. The zero-order chi connectivity index (χ0) is 38.6. The molecule has 2 atom stereocenters. The molecule has 1 saturated carbocycles. The van der Waals surface area contributed by atoms with Crippen molar-refractivity contribution in [1.82, 2.24) is 19.6 Å². The van der Waals surface area contributed by atoms with Gasteiger partial charge in [-0.05, 0) is 104 Å². The molecule has 2 aliphatic heterocycles. The zero-order valence-corrected chi connectivity index (χ0v) is 34.5. The van der Waals surface area contributed by atoms with Gasteiger partial charge in [0.05, 0.1) is 14.2 Å². The summed E-state index contributed by atoms with van der Waals surface area (Å²) in [5.74, 6) is 2.66. The third-order valence-corrected chi connectivity index (χ3v) is 13.5. The smallest absolute Gasteiger partial charge is 0.228 e. The first-order chi connectivity index (χ1) is 26.8. The Morgan fingerprint density at radius 1 is 0.691 bits per heavy atom. The molecule has 5 aliphatic rings. The number of methoxy groups -OCH3 is 2. The summed E-state index contributed by atoms with van der Waals surface area (Å²) in [6, 6.07) is 14.0. The van der Waals surface area contributed by atoms with E-state index in [2.05, 4.69) is 69.5 Å². The highest BCUT2D eigenvalue weighted by Crippen LogP contribution is 2.41. The van der Waals surface area contributed by atoms with E-state index in [0.29, 0.717) is 23.9 Å². The van der Waals surface area contributed by atoms with Gasteiger partial charge in [0.1, 0.15) is 11.5 Å². The maximum atomic E-state index is 13.1. The molecular formula is C47H70N4O4. The molecule has 3 fully saturated rings. The second-order valence-corrected chi connectivity index (χ2v) is 17.1. The van der Waals surface area contributed by atoms with E-state index in [9.17, 15) is 9.59 Å². The van der Waals surface area contributed by atoms with Gasteiger partial charge in [-0.2, -0.15) is 0 Å². The lowest BCUT2D eigenvalue weighted by Gasteiger charge is -2.43. The van der Waals surface area contributed by atoms with Crippen LogP contribution in [0.1, 0.15) is 138 Å². The summed E-state index contributed by atoms with van der Waals surface area (Å²) >= 11 is 0. The van der Waals surface area contributed by atoms with Crippen LogP contribution in [0.4, 0.5) is 0 Å². The van der Waals surface area contributed by atoms with Gasteiger partial charge in [0.15, 0.2) is 0 Å². The van der Waals surface area contributed by atoms with Crippen LogP contribution >= 0.6 is 0 Å². The molecule has 302 valence electrons. The molecule has 2 aromatic rings. The maximum Gasteiger partial charge on any atom is 0.228 e. The lowest BCUT2D eigenvalue weighted by Crippen LogP contribution is -2.53. The Hall–Kier alpha value is -3.36. The van der Waals surface area contributed by atoms with E-state index in [0.717, 1.165) is 109 Å². The van der Waals surface area contributed by atoms with E-state index in [1.165, 1.54) is 86.5 Å². The molecule has 2 aromatic carbocycles. The maximum absolute atomic E-state index is 13.1. The quantitative estimate of drug-likeness (QED) is 0.142. The summed E-state index contributed by atoms with van der Waals surface area (Å²) in [6.07, 6.45) is 21.7. The SMILES string of the molecule is C=CCCCCCCCCC(=O)N1CCN(C2CCc3ccc(OC)cc32)CC1.COc1ccc2c(c1)C(N1CCN(C(=O)C3(C)CCCCC3)CC1)CC2. The Morgan fingerprint density at radius 3 is 1.69 bits per heavy atom. The number of aryl methyl sites for hydroxylation is 2. The highest BCUT2D eigenvalue weighted by molar-refractivity contribution is 5.82. The number of hydrogen-bond donors (Lipinski definition) is 0. The monoisotopic (exact) mass is 755 g/mol. The predicted molar refractivity (Wildman–Crippen MR) is 223 cm³/mol. The first-order valence-electron chi connectivity index (χ1n) is 21.8. The fourth-order valence-corrected chi connectivity index (χ4v) is 10.0. The Morgan fingerprint density at radius 2 is 1.18 bits per heavy atom. The van der Waals surface area contributed by atoms with Crippen LogP contribution in [-0.4, -0.2) is 98.0 Å². The number of rotatable bonds is 14. The molecule has 0 N–H and O–H groups in total. The van der Waals surface area contributed by atoms with Crippen LogP contribution in [0.15, 0.2) is 49.1 Å². The predicted octanol–water partition coefficient (Wildman–Crippen LogP) is 8.93. The van der Waals surface area contributed by atoms with Crippen LogP contribution in [0.2, 0.25) is 0 Å². The normalized spacial score (nSPS) is 22.3. The molecule has 3 aliphatic carbocycles. The molecular weight excluding hydrogens is 685 g/mol. The fourth-order valence-electron chi connectivity index (χ4n) is 10.0. The van der Waals surface area contributed by atoms with Crippen LogP contribution in [0.3, 0.4) is 0 Å². The molecule has 2 heterocycles. The molecule has 0 radical (unpaired) electrons. The number of hydrogen-bond acceptors (Lipinski definition) is 6. The highest BCUT2D eigenvalue weighted by Gasteiger charge is 2.40. The Bertz CT molecular complexity index is 1550. The van der Waals surface area contributed by atoms with Crippen LogP contribution in [0.5, 0.6) is 11.5 Å². The average molecular weight is 755 g/mol. The molecule has 0 aromatic heterocycles. The van der Waals surface area contributed by atoms with E-state index < -0.39 is 0 Å². The molecule has 2 unspecified atom stereocenters. The Labute approximate surface area is 332 Å². The third-order valence-electron chi connectivity index (χ3n) is 13.5. The minimum Gasteiger partial charge on any atom is -0.497 e. The van der Waals surface area contributed by atoms with E-state index in [4.69, 9.17) is 9.47 Å². The van der Waals surface area contributed by atoms with Crippen molar-refractivity contribution in [1.29, 1.82) is 0 Å². The van der Waals surface area contributed by atoms with Crippen molar-refractivity contribution in [3.63, 3.8) is 0 Å². The van der Waals surface area contributed by atoms with Crippen LogP contribution in [0.25, 0.3) is 0 Å². The van der Waals surface area contributed by atoms with Crippen molar-refractivity contribution in [2.45, 2.75) is 128 Å². The van der Waals surface area contributed by atoms with Crippen molar-refractivity contribution in [3.05, 3.63) is 71.3 Å². The number of piperazine rings is 2. The van der Waals surface area contributed by atoms with Crippen molar-refractivity contribution in [2.75, 3.05) is 66.6 Å². The van der Waals surface area contributed by atoms with Gasteiger partial charge in [0.25, 0.3) is 0 Å². The Balaban J connectivity index is 0.000000188. The number of carbonyl (C=O) groups excluding carboxylic acids is 2. The number of carbonyl (C=O) groups is 2. The van der Waals surface area contributed by atoms with Gasteiger partial charge in [0.2, 0.25) is 11.8 Å². The fraction of sp³-hybridized carbons (Fsp3) is 0.660.